The summed E-state index contributed by atoms with van der Waals surface area (Å²) in [5.41, 5.74) is 0. The summed E-state index contributed by atoms with van der Waals surface area (Å²) in [5, 5.41) is 13.4. The number of aromatic nitrogens is 2. The molecule has 0 saturated carbocycles. The van der Waals surface area contributed by atoms with E-state index in [4.69, 9.17) is 4.74 Å². The first-order chi connectivity index (χ1) is 9.69. The molecule has 1 aliphatic heterocycles. The fraction of sp³-hybridized carbons (Fsp3) is 0.636. The van der Waals surface area contributed by atoms with Crippen molar-refractivity contribution in [1.82, 2.24) is 15.5 Å². The zero-order chi connectivity index (χ0) is 14.4. The summed E-state index contributed by atoms with van der Waals surface area (Å²) in [6.45, 7) is 2.77. The molecule has 1 fully saturated rings. The first kappa shape index (κ1) is 15.0. The first-order valence-corrected chi connectivity index (χ1v) is 8.10. The number of hydrogen-bond donors (Lipinski definition) is 2. The van der Waals surface area contributed by atoms with E-state index in [0.29, 0.717) is 16.1 Å². The fourth-order valence-corrected chi connectivity index (χ4v) is 3.75. The maximum absolute atomic E-state index is 11.8. The lowest BCUT2D eigenvalue weighted by Crippen LogP contribution is -2.30. The smallest absolute Gasteiger partial charge is 0.413 e. The quantitative estimate of drug-likeness (QED) is 0.824. The molecule has 1 aromatic rings. The van der Waals surface area contributed by atoms with Gasteiger partial charge in [0, 0.05) is 6.54 Å². The number of carbonyl (C=O) groups excluding carboxylic acids is 2. The van der Waals surface area contributed by atoms with Crippen molar-refractivity contribution in [1.29, 1.82) is 0 Å². The lowest BCUT2D eigenvalue weighted by Gasteiger charge is -2.09. The highest BCUT2D eigenvalue weighted by Gasteiger charge is 2.23. The molecule has 2 amide bonds. The van der Waals surface area contributed by atoms with E-state index in [1.165, 1.54) is 23.1 Å². The van der Waals surface area contributed by atoms with Gasteiger partial charge in [-0.25, -0.2) is 4.79 Å². The largest absolute Gasteiger partial charge is 0.450 e. The lowest BCUT2D eigenvalue weighted by molar-refractivity contribution is -0.120. The number of carbonyl (C=O) groups is 2. The van der Waals surface area contributed by atoms with E-state index in [1.807, 2.05) is 0 Å². The Morgan fingerprint density at radius 2 is 2.40 bits per heavy atom. The minimum atomic E-state index is -0.549. The van der Waals surface area contributed by atoms with Crippen LogP contribution in [-0.2, 0) is 9.53 Å². The van der Waals surface area contributed by atoms with E-state index >= 15 is 0 Å². The van der Waals surface area contributed by atoms with Crippen LogP contribution in [0.5, 0.6) is 0 Å². The summed E-state index contributed by atoms with van der Waals surface area (Å²) in [6, 6.07) is 0. The Labute approximate surface area is 124 Å². The molecule has 1 atom stereocenters. The molecule has 0 aliphatic carbocycles. The number of ether oxygens (including phenoxy) is 1. The third kappa shape index (κ3) is 4.34. The molecule has 1 aliphatic rings. The van der Waals surface area contributed by atoms with Crippen molar-refractivity contribution >= 4 is 40.2 Å². The molecule has 110 valence electrons. The van der Waals surface area contributed by atoms with Crippen LogP contribution >= 0.6 is 23.1 Å². The molecule has 1 saturated heterocycles. The number of hydrogen-bond acceptors (Lipinski definition) is 7. The van der Waals surface area contributed by atoms with Crippen molar-refractivity contribution in [3.05, 3.63) is 0 Å². The first-order valence-electron chi connectivity index (χ1n) is 6.40. The van der Waals surface area contributed by atoms with Crippen LogP contribution in [0, 0.1) is 0 Å². The maximum Gasteiger partial charge on any atom is 0.413 e. The molecule has 2 N–H and O–H groups in total. The predicted molar refractivity (Wildman–Crippen MR) is 77.1 cm³/mol. The Morgan fingerprint density at radius 3 is 3.20 bits per heavy atom. The Hall–Kier alpha value is -1.35. The molecular formula is C11H16N4O3S2. The van der Waals surface area contributed by atoms with Crippen molar-refractivity contribution in [3.8, 4) is 0 Å². The van der Waals surface area contributed by atoms with Crippen molar-refractivity contribution in [2.24, 2.45) is 0 Å². The normalized spacial score (nSPS) is 19.1. The van der Waals surface area contributed by atoms with Crippen molar-refractivity contribution in [2.45, 2.75) is 35.8 Å². The third-order valence-electron chi connectivity index (χ3n) is 2.62. The van der Waals surface area contributed by atoms with Gasteiger partial charge in [0.05, 0.1) is 11.9 Å². The van der Waals surface area contributed by atoms with Crippen LogP contribution in [0.3, 0.4) is 0 Å². The highest BCUT2D eigenvalue weighted by atomic mass is 32.2. The zero-order valence-electron chi connectivity index (χ0n) is 11.0. The fourth-order valence-electron chi connectivity index (χ4n) is 1.71. The van der Waals surface area contributed by atoms with E-state index in [1.54, 1.807) is 6.92 Å². The van der Waals surface area contributed by atoms with E-state index in [2.05, 4.69) is 20.8 Å². The summed E-state index contributed by atoms with van der Waals surface area (Å²) in [4.78, 5) is 23.1. The monoisotopic (exact) mass is 316 g/mol. The Morgan fingerprint density at radius 1 is 1.55 bits per heavy atom. The number of thioether (sulfide) groups is 1. The standard InChI is InChI=1S/C11H16N4O3S2/c1-2-18-10(17)13-9-14-15-11(20-9)19-7-5-3-4-6-12-8(7)16/h7H,2-6H2,1H3,(H,12,16)(H,13,14,17). The van der Waals surface area contributed by atoms with Gasteiger partial charge in [-0.15, -0.1) is 10.2 Å². The van der Waals surface area contributed by atoms with E-state index in [-0.39, 0.29) is 11.2 Å². The molecule has 20 heavy (non-hydrogen) atoms. The minimum absolute atomic E-state index is 0.0441. The Bertz CT molecular complexity index is 480. The van der Waals surface area contributed by atoms with Gasteiger partial charge >= 0.3 is 6.09 Å². The van der Waals surface area contributed by atoms with Crippen LogP contribution in [-0.4, -0.2) is 40.6 Å². The van der Waals surface area contributed by atoms with Gasteiger partial charge in [0.25, 0.3) is 0 Å². The number of nitrogens with zero attached hydrogens (tertiary/aromatic N) is 2. The van der Waals surface area contributed by atoms with Crippen LogP contribution in [0.4, 0.5) is 9.93 Å². The van der Waals surface area contributed by atoms with Gasteiger partial charge in [0.15, 0.2) is 4.34 Å². The average Bonchev–Trinajstić information content (AvgIpc) is 2.74. The second kappa shape index (κ2) is 7.44. The Balaban J connectivity index is 1.91. The van der Waals surface area contributed by atoms with E-state index < -0.39 is 6.09 Å². The number of rotatable bonds is 4. The van der Waals surface area contributed by atoms with Gasteiger partial charge in [-0.3, -0.25) is 10.1 Å². The van der Waals surface area contributed by atoms with E-state index in [9.17, 15) is 9.59 Å². The summed E-state index contributed by atoms with van der Waals surface area (Å²) >= 11 is 2.63. The highest BCUT2D eigenvalue weighted by Crippen LogP contribution is 2.31. The third-order valence-corrected chi connectivity index (χ3v) is 4.81. The molecular weight excluding hydrogens is 300 g/mol. The molecule has 2 heterocycles. The number of nitrogens with one attached hydrogen (secondary N) is 2. The molecule has 0 aromatic carbocycles. The summed E-state index contributed by atoms with van der Waals surface area (Å²) in [7, 11) is 0. The highest BCUT2D eigenvalue weighted by molar-refractivity contribution is 8.02. The van der Waals surface area contributed by atoms with Gasteiger partial charge in [0.1, 0.15) is 0 Å². The molecule has 1 unspecified atom stereocenters. The van der Waals surface area contributed by atoms with Gasteiger partial charge in [-0.2, -0.15) is 0 Å². The van der Waals surface area contributed by atoms with E-state index in [0.717, 1.165) is 25.8 Å². The molecule has 0 bridgehead atoms. The molecule has 1 aromatic heterocycles. The SMILES string of the molecule is CCOC(=O)Nc1nnc(SC2CCCCNC2=O)s1. The van der Waals surface area contributed by atoms with Crippen LogP contribution in [0.25, 0.3) is 0 Å². The second-order valence-corrected chi connectivity index (χ2v) is 6.54. The predicted octanol–water partition coefficient (Wildman–Crippen LogP) is 1.87. The summed E-state index contributed by atoms with van der Waals surface area (Å²) < 4.78 is 5.42. The lowest BCUT2D eigenvalue weighted by atomic mass is 10.2. The molecule has 9 heteroatoms. The van der Waals surface area contributed by atoms with Crippen molar-refractivity contribution in [3.63, 3.8) is 0 Å². The molecule has 2 rings (SSSR count). The molecule has 0 spiro atoms. The van der Waals surface area contributed by atoms with Crippen LogP contribution in [0.15, 0.2) is 4.34 Å². The topological polar surface area (TPSA) is 93.2 Å². The summed E-state index contributed by atoms with van der Waals surface area (Å²) in [6.07, 6.45) is 2.31. The van der Waals surface area contributed by atoms with Gasteiger partial charge in [-0.05, 0) is 19.8 Å². The van der Waals surface area contributed by atoms with Crippen molar-refractivity contribution < 1.29 is 14.3 Å². The Kier molecular flexibility index (Phi) is 5.60. The average molecular weight is 316 g/mol. The van der Waals surface area contributed by atoms with Gasteiger partial charge < -0.3 is 10.1 Å². The summed E-state index contributed by atoms with van der Waals surface area (Å²) in [5.74, 6) is 0.0441. The van der Waals surface area contributed by atoms with Crippen LogP contribution in [0.1, 0.15) is 26.2 Å². The van der Waals surface area contributed by atoms with Crippen LogP contribution < -0.4 is 10.6 Å². The number of anilines is 1. The van der Waals surface area contributed by atoms with Crippen LogP contribution in [0.2, 0.25) is 0 Å². The zero-order valence-corrected chi connectivity index (χ0v) is 12.7. The van der Waals surface area contributed by atoms with Gasteiger partial charge in [0.2, 0.25) is 11.0 Å². The molecule has 0 radical (unpaired) electrons. The number of amides is 2. The second-order valence-electron chi connectivity index (χ2n) is 4.11. The minimum Gasteiger partial charge on any atom is -0.450 e. The van der Waals surface area contributed by atoms with Crippen molar-refractivity contribution in [2.75, 3.05) is 18.5 Å². The maximum atomic E-state index is 11.8. The molecule has 7 nitrogen and oxygen atoms in total. The van der Waals surface area contributed by atoms with Gasteiger partial charge in [-0.1, -0.05) is 29.5 Å².